The van der Waals surface area contributed by atoms with Gasteiger partial charge in [-0.1, -0.05) is 24.3 Å². The lowest BCUT2D eigenvalue weighted by Crippen LogP contribution is -2.32. The molecule has 0 saturated heterocycles. The van der Waals surface area contributed by atoms with Gasteiger partial charge < -0.3 is 14.8 Å². The van der Waals surface area contributed by atoms with Crippen molar-refractivity contribution in [1.82, 2.24) is 14.5 Å². The molecule has 0 aliphatic carbocycles. The first-order chi connectivity index (χ1) is 12.8. The fourth-order valence-electron chi connectivity index (χ4n) is 2.93. The maximum Gasteiger partial charge on any atom is 0.418 e. The van der Waals surface area contributed by atoms with Crippen LogP contribution in [-0.2, 0) is 19.3 Å². The summed E-state index contributed by atoms with van der Waals surface area (Å²) in [6.45, 7) is 2.81. The first-order valence-electron chi connectivity index (χ1n) is 8.43. The van der Waals surface area contributed by atoms with Gasteiger partial charge in [0.15, 0.2) is 0 Å². The van der Waals surface area contributed by atoms with E-state index in [4.69, 9.17) is 0 Å². The molecule has 8 heteroatoms. The number of benzene rings is 2. The Bertz CT molecular complexity index is 965. The van der Waals surface area contributed by atoms with Gasteiger partial charge in [-0.3, -0.25) is 0 Å². The Kier molecular flexibility index (Phi) is 5.07. The summed E-state index contributed by atoms with van der Waals surface area (Å²) in [5, 5.41) is 2.34. The van der Waals surface area contributed by atoms with Gasteiger partial charge in [-0.05, 0) is 31.2 Å². The van der Waals surface area contributed by atoms with Crippen molar-refractivity contribution in [2.24, 2.45) is 0 Å². The van der Waals surface area contributed by atoms with Crippen LogP contribution in [0.4, 0.5) is 23.7 Å². The second-order valence-electron chi connectivity index (χ2n) is 6.09. The topological polar surface area (TPSA) is 50.2 Å². The van der Waals surface area contributed by atoms with Crippen LogP contribution in [-0.4, -0.2) is 27.5 Å². The third-order valence-corrected chi connectivity index (χ3v) is 4.25. The van der Waals surface area contributed by atoms with Gasteiger partial charge in [0.25, 0.3) is 0 Å². The van der Waals surface area contributed by atoms with Gasteiger partial charge in [-0.15, -0.1) is 0 Å². The lowest BCUT2D eigenvalue weighted by Gasteiger charge is -2.20. The number of imidazole rings is 1. The highest BCUT2D eigenvalue weighted by Gasteiger charge is 2.33. The molecule has 0 atom stereocenters. The summed E-state index contributed by atoms with van der Waals surface area (Å²) in [5.41, 5.74) is 0.607. The molecule has 2 amide bonds. The van der Waals surface area contributed by atoms with Crippen molar-refractivity contribution >= 4 is 22.8 Å². The number of hydrogen-bond acceptors (Lipinski definition) is 2. The van der Waals surface area contributed by atoms with E-state index < -0.39 is 17.8 Å². The zero-order valence-corrected chi connectivity index (χ0v) is 14.9. The van der Waals surface area contributed by atoms with E-state index in [9.17, 15) is 18.0 Å². The number of fused-ring (bicyclic) bond motifs is 1. The Morgan fingerprint density at radius 2 is 1.81 bits per heavy atom. The second kappa shape index (κ2) is 7.30. The van der Waals surface area contributed by atoms with E-state index in [1.165, 1.54) is 30.1 Å². The highest BCUT2D eigenvalue weighted by atomic mass is 19.4. The number of aryl methyl sites for hydroxylation is 1. The van der Waals surface area contributed by atoms with Crippen LogP contribution in [0.3, 0.4) is 0 Å². The van der Waals surface area contributed by atoms with E-state index in [0.717, 1.165) is 17.1 Å². The third kappa shape index (κ3) is 3.89. The largest absolute Gasteiger partial charge is 0.418 e. The lowest BCUT2D eigenvalue weighted by atomic mass is 10.1. The number of alkyl halides is 3. The average molecular weight is 376 g/mol. The molecule has 0 radical (unpaired) electrons. The predicted octanol–water partition coefficient (Wildman–Crippen LogP) is 4.74. The van der Waals surface area contributed by atoms with Crippen molar-refractivity contribution in [2.75, 3.05) is 12.4 Å². The molecule has 1 aromatic heterocycles. The van der Waals surface area contributed by atoms with Gasteiger partial charge in [0, 0.05) is 13.6 Å². The summed E-state index contributed by atoms with van der Waals surface area (Å²) in [6.07, 6.45) is -4.54. The van der Waals surface area contributed by atoms with E-state index in [2.05, 4.69) is 10.3 Å². The van der Waals surface area contributed by atoms with E-state index in [0.29, 0.717) is 12.4 Å². The van der Waals surface area contributed by atoms with Gasteiger partial charge in [0.2, 0.25) is 0 Å². The number of para-hydroxylation sites is 3. The molecular formula is C19H19F3N4O. The number of amides is 2. The Morgan fingerprint density at radius 3 is 2.52 bits per heavy atom. The van der Waals surface area contributed by atoms with Crippen molar-refractivity contribution in [3.05, 3.63) is 59.9 Å². The summed E-state index contributed by atoms with van der Waals surface area (Å²) in [4.78, 5) is 18.3. The zero-order valence-electron chi connectivity index (χ0n) is 14.9. The normalized spacial score (nSPS) is 11.6. The number of hydrogen-bond donors (Lipinski definition) is 1. The Morgan fingerprint density at radius 1 is 1.15 bits per heavy atom. The number of anilines is 1. The van der Waals surface area contributed by atoms with E-state index in [-0.39, 0.29) is 12.2 Å². The number of carbonyl (C=O) groups is 1. The molecule has 0 bridgehead atoms. The summed E-state index contributed by atoms with van der Waals surface area (Å²) >= 11 is 0. The SMILES string of the molecule is CCn1c(CN(C)C(=O)Nc2ccccc2C(F)(F)F)nc2ccccc21. The number of rotatable bonds is 4. The highest BCUT2D eigenvalue weighted by molar-refractivity contribution is 5.90. The maximum atomic E-state index is 13.1. The minimum atomic E-state index is -4.54. The molecule has 3 aromatic rings. The summed E-state index contributed by atoms with van der Waals surface area (Å²) < 4.78 is 41.2. The fourth-order valence-corrected chi connectivity index (χ4v) is 2.93. The summed E-state index contributed by atoms with van der Waals surface area (Å²) in [5.74, 6) is 0.667. The number of aromatic nitrogens is 2. The van der Waals surface area contributed by atoms with Gasteiger partial charge in [-0.2, -0.15) is 13.2 Å². The first-order valence-corrected chi connectivity index (χ1v) is 8.43. The van der Waals surface area contributed by atoms with Crippen LogP contribution in [0.5, 0.6) is 0 Å². The Labute approximate surface area is 154 Å². The van der Waals surface area contributed by atoms with Crippen LogP contribution in [0.15, 0.2) is 48.5 Å². The molecule has 2 aromatic carbocycles. The van der Waals surface area contributed by atoms with Crippen molar-refractivity contribution in [3.63, 3.8) is 0 Å². The Hall–Kier alpha value is -3.03. The molecule has 0 aliphatic rings. The molecule has 1 heterocycles. The average Bonchev–Trinajstić information content (AvgIpc) is 2.98. The quantitative estimate of drug-likeness (QED) is 0.715. The van der Waals surface area contributed by atoms with Gasteiger partial charge >= 0.3 is 12.2 Å². The summed E-state index contributed by atoms with van der Waals surface area (Å²) in [7, 11) is 1.52. The van der Waals surface area contributed by atoms with Crippen LogP contribution < -0.4 is 5.32 Å². The lowest BCUT2D eigenvalue weighted by molar-refractivity contribution is -0.136. The molecule has 5 nitrogen and oxygen atoms in total. The van der Waals surface area contributed by atoms with Crippen molar-refractivity contribution in [2.45, 2.75) is 26.2 Å². The first kappa shape index (κ1) is 18.8. The summed E-state index contributed by atoms with van der Waals surface area (Å²) in [6, 6.07) is 11.9. The van der Waals surface area contributed by atoms with Crippen molar-refractivity contribution < 1.29 is 18.0 Å². The van der Waals surface area contributed by atoms with Crippen molar-refractivity contribution in [1.29, 1.82) is 0 Å². The van der Waals surface area contributed by atoms with Crippen LogP contribution in [0.1, 0.15) is 18.3 Å². The van der Waals surface area contributed by atoms with E-state index in [1.54, 1.807) is 0 Å². The monoisotopic (exact) mass is 376 g/mol. The van der Waals surface area contributed by atoms with Gasteiger partial charge in [0.05, 0.1) is 28.8 Å². The van der Waals surface area contributed by atoms with Crippen molar-refractivity contribution in [3.8, 4) is 0 Å². The number of halogens is 3. The minimum Gasteiger partial charge on any atom is -0.327 e. The molecular weight excluding hydrogens is 357 g/mol. The predicted molar refractivity (Wildman–Crippen MR) is 97.3 cm³/mol. The molecule has 3 rings (SSSR count). The number of nitrogens with one attached hydrogen (secondary N) is 1. The molecule has 0 saturated carbocycles. The second-order valence-corrected chi connectivity index (χ2v) is 6.09. The Balaban J connectivity index is 1.80. The number of carbonyl (C=O) groups excluding carboxylic acids is 1. The van der Waals surface area contributed by atoms with E-state index >= 15 is 0 Å². The van der Waals surface area contributed by atoms with Crippen LogP contribution in [0, 0.1) is 0 Å². The molecule has 1 N–H and O–H groups in total. The number of urea groups is 1. The molecule has 142 valence electrons. The minimum absolute atomic E-state index is 0.169. The standard InChI is InChI=1S/C19H19F3N4O/c1-3-26-16-11-7-6-10-15(16)23-17(26)12-25(2)18(27)24-14-9-5-4-8-13(14)19(20,21)22/h4-11H,3,12H2,1-2H3,(H,24,27). The molecule has 0 fully saturated rings. The zero-order chi connectivity index (χ0) is 19.6. The molecule has 0 unspecified atom stereocenters. The number of nitrogens with zero attached hydrogens (tertiary/aromatic N) is 3. The highest BCUT2D eigenvalue weighted by Crippen LogP contribution is 2.34. The molecule has 27 heavy (non-hydrogen) atoms. The van der Waals surface area contributed by atoms with Crippen LogP contribution >= 0.6 is 0 Å². The smallest absolute Gasteiger partial charge is 0.327 e. The van der Waals surface area contributed by atoms with Gasteiger partial charge in [0.1, 0.15) is 5.82 Å². The van der Waals surface area contributed by atoms with Crippen LogP contribution in [0.2, 0.25) is 0 Å². The van der Waals surface area contributed by atoms with E-state index in [1.807, 2.05) is 35.8 Å². The van der Waals surface area contributed by atoms with Gasteiger partial charge in [-0.25, -0.2) is 9.78 Å². The maximum absolute atomic E-state index is 13.1. The molecule has 0 spiro atoms. The van der Waals surface area contributed by atoms with Crippen LogP contribution in [0.25, 0.3) is 11.0 Å². The third-order valence-electron chi connectivity index (χ3n) is 4.25. The molecule has 0 aliphatic heterocycles. The fraction of sp³-hybridized carbons (Fsp3) is 0.263.